The summed E-state index contributed by atoms with van der Waals surface area (Å²) in [6.45, 7) is 12.3. The average molecular weight is 434 g/mol. The Labute approximate surface area is 184 Å². The molecule has 3 unspecified atom stereocenters. The number of aliphatic hydroxyl groups is 1. The largest absolute Gasteiger partial charge is 0.504 e. The molecule has 1 aromatic rings. The number of benzene rings is 1. The molecule has 5 nitrogen and oxygen atoms in total. The number of rotatable bonds is 5. The van der Waals surface area contributed by atoms with Crippen LogP contribution in [0.1, 0.15) is 68.2 Å². The summed E-state index contributed by atoms with van der Waals surface area (Å²) in [7, 11) is 0. The molecule has 3 rings (SSSR count). The maximum absolute atomic E-state index is 12.8. The van der Waals surface area contributed by atoms with Crippen LogP contribution in [0.2, 0.25) is 0 Å². The molecule has 1 saturated carbocycles. The van der Waals surface area contributed by atoms with E-state index >= 15 is 0 Å². The van der Waals surface area contributed by atoms with E-state index in [1.807, 2.05) is 41.5 Å². The van der Waals surface area contributed by atoms with Crippen molar-refractivity contribution in [1.29, 1.82) is 0 Å². The summed E-state index contributed by atoms with van der Waals surface area (Å²) in [5, 5.41) is 14.5. The lowest BCUT2D eigenvalue weighted by atomic mass is 9.71. The number of aliphatic hydroxyl groups excluding tert-OH is 1. The highest BCUT2D eigenvalue weighted by Crippen LogP contribution is 2.42. The Morgan fingerprint density at radius 2 is 1.70 bits per heavy atom. The van der Waals surface area contributed by atoms with Crippen LogP contribution in [0.4, 0.5) is 0 Å². The van der Waals surface area contributed by atoms with Crippen molar-refractivity contribution in [1.82, 2.24) is 0 Å². The van der Waals surface area contributed by atoms with Gasteiger partial charge in [0.05, 0.1) is 0 Å². The Bertz CT molecular complexity index is 864. The van der Waals surface area contributed by atoms with Crippen LogP contribution in [0.25, 0.3) is 0 Å². The van der Waals surface area contributed by atoms with Gasteiger partial charge in [0.1, 0.15) is 23.1 Å². The van der Waals surface area contributed by atoms with Crippen LogP contribution in [-0.2, 0) is 14.4 Å². The van der Waals surface area contributed by atoms with Crippen molar-refractivity contribution in [2.75, 3.05) is 6.61 Å². The van der Waals surface area contributed by atoms with Crippen LogP contribution in [0.3, 0.4) is 0 Å². The summed E-state index contributed by atoms with van der Waals surface area (Å²) in [6, 6.07) is 4.18. The molecule has 0 amide bonds. The maximum Gasteiger partial charge on any atom is 0.182 e. The summed E-state index contributed by atoms with van der Waals surface area (Å²) < 4.78 is 0. The van der Waals surface area contributed by atoms with Gasteiger partial charge in [-0.1, -0.05) is 54.7 Å². The zero-order valence-electron chi connectivity index (χ0n) is 18.7. The van der Waals surface area contributed by atoms with E-state index in [9.17, 15) is 14.7 Å². The van der Waals surface area contributed by atoms with E-state index in [2.05, 4.69) is 17.3 Å². The number of carbonyl (C=O) groups is 2. The highest BCUT2D eigenvalue weighted by atomic mass is 35.5. The first-order valence-electron chi connectivity index (χ1n) is 10.6. The Morgan fingerprint density at radius 1 is 1.17 bits per heavy atom. The molecule has 2 aliphatic carbocycles. The fourth-order valence-corrected chi connectivity index (χ4v) is 4.22. The van der Waals surface area contributed by atoms with Crippen LogP contribution in [0, 0.1) is 32.6 Å². The van der Waals surface area contributed by atoms with Gasteiger partial charge in [0.15, 0.2) is 11.5 Å². The Kier molecular flexibility index (Phi) is 8.25. The number of Topliss-reactive ketones (excluding diaryl/α,β-unsaturated/α-hetero) is 2. The highest BCUT2D eigenvalue weighted by molar-refractivity contribution is 6.46. The van der Waals surface area contributed by atoms with Crippen molar-refractivity contribution in [2.24, 2.45) is 17.0 Å². The van der Waals surface area contributed by atoms with Crippen molar-refractivity contribution in [3.8, 4) is 0 Å². The number of oxime groups is 1. The van der Waals surface area contributed by atoms with Crippen molar-refractivity contribution < 1.29 is 19.5 Å². The van der Waals surface area contributed by atoms with Crippen molar-refractivity contribution in [3.63, 3.8) is 0 Å². The first-order chi connectivity index (χ1) is 14.1. The minimum Gasteiger partial charge on any atom is -0.504 e. The summed E-state index contributed by atoms with van der Waals surface area (Å²) in [4.78, 5) is 27.9. The Balaban J connectivity index is 0.000000558. The zero-order valence-corrected chi connectivity index (χ0v) is 19.5. The molecule has 2 aliphatic rings. The van der Waals surface area contributed by atoms with Gasteiger partial charge in [0, 0.05) is 24.2 Å². The molecule has 0 saturated heterocycles. The van der Waals surface area contributed by atoms with Gasteiger partial charge in [-0.05, 0) is 50.8 Å². The smallest absolute Gasteiger partial charge is 0.182 e. The number of hydrogen-bond donors (Lipinski definition) is 1. The van der Waals surface area contributed by atoms with E-state index in [-0.39, 0.29) is 28.4 Å². The van der Waals surface area contributed by atoms with Crippen molar-refractivity contribution in [2.45, 2.75) is 66.7 Å². The number of carbonyl (C=O) groups excluding carboxylic acids is 2. The second-order valence-corrected chi connectivity index (χ2v) is 8.56. The molecule has 0 aliphatic heterocycles. The molecule has 0 spiro atoms. The zero-order chi connectivity index (χ0) is 22.6. The fraction of sp³-hybridized carbons (Fsp3) is 0.542. The van der Waals surface area contributed by atoms with Gasteiger partial charge in [0.2, 0.25) is 0 Å². The predicted octanol–water partition coefficient (Wildman–Crippen LogP) is 5.69. The third-order valence-corrected chi connectivity index (χ3v) is 5.90. The minimum absolute atomic E-state index is 0.143. The lowest BCUT2D eigenvalue weighted by Crippen LogP contribution is -2.36. The molecule has 164 valence electrons. The highest BCUT2D eigenvalue weighted by Gasteiger charge is 2.43. The van der Waals surface area contributed by atoms with Gasteiger partial charge < -0.3 is 9.94 Å². The second-order valence-electron chi connectivity index (χ2n) is 8.18. The number of nitrogens with zero attached hydrogens (tertiary/aromatic N) is 1. The summed E-state index contributed by atoms with van der Waals surface area (Å²) >= 11 is 6.12. The first-order valence-corrected chi connectivity index (χ1v) is 10.9. The van der Waals surface area contributed by atoms with Crippen LogP contribution in [-0.4, -0.2) is 29.0 Å². The van der Waals surface area contributed by atoms with Gasteiger partial charge in [0.25, 0.3) is 0 Å². The van der Waals surface area contributed by atoms with E-state index in [0.717, 1.165) is 35.1 Å². The van der Waals surface area contributed by atoms with Crippen molar-refractivity contribution >= 4 is 28.9 Å². The topological polar surface area (TPSA) is 76.0 Å². The monoisotopic (exact) mass is 433 g/mol. The number of aryl methyl sites for hydroxylation is 3. The van der Waals surface area contributed by atoms with E-state index in [1.165, 1.54) is 0 Å². The van der Waals surface area contributed by atoms with Crippen LogP contribution in [0.15, 0.2) is 28.1 Å². The number of ketones is 2. The lowest BCUT2D eigenvalue weighted by Gasteiger charge is -2.33. The molecule has 0 bridgehead atoms. The third kappa shape index (κ3) is 5.31. The van der Waals surface area contributed by atoms with Crippen molar-refractivity contribution in [3.05, 3.63) is 45.2 Å². The van der Waals surface area contributed by atoms with E-state index in [4.69, 9.17) is 16.4 Å². The Morgan fingerprint density at radius 3 is 2.13 bits per heavy atom. The maximum atomic E-state index is 12.8. The van der Waals surface area contributed by atoms with E-state index in [0.29, 0.717) is 30.4 Å². The van der Waals surface area contributed by atoms with Crippen LogP contribution >= 0.6 is 11.6 Å². The molecule has 30 heavy (non-hydrogen) atoms. The predicted molar refractivity (Wildman–Crippen MR) is 120 cm³/mol. The molecule has 1 aromatic carbocycles. The molecule has 0 heterocycles. The molecule has 0 aromatic heterocycles. The SMILES string of the molecule is CC1CC1=O.CCCC1C(=O)C(Cl)=C(O)C(=NOCC)C1c1c(C)cc(C)cc1C. The molecule has 6 heteroatoms. The number of allylic oxidation sites excluding steroid dienone is 2. The Hall–Kier alpha value is -2.14. The lowest BCUT2D eigenvalue weighted by molar-refractivity contribution is -0.119. The molecule has 1 N–H and O–H groups in total. The number of hydrogen-bond acceptors (Lipinski definition) is 5. The number of halogens is 1. The summed E-state index contributed by atoms with van der Waals surface area (Å²) in [5.74, 6) is -0.368. The van der Waals surface area contributed by atoms with E-state index < -0.39 is 0 Å². The molecular formula is C24H32ClNO4. The van der Waals surface area contributed by atoms with Gasteiger partial charge in [-0.2, -0.15) is 0 Å². The van der Waals surface area contributed by atoms with Gasteiger partial charge in [-0.15, -0.1) is 0 Å². The summed E-state index contributed by atoms with van der Waals surface area (Å²) in [6.07, 6.45) is 2.34. The normalized spacial score (nSPS) is 24.6. The molecule has 1 fully saturated rings. The third-order valence-electron chi connectivity index (χ3n) is 5.54. The van der Waals surface area contributed by atoms with E-state index in [1.54, 1.807) is 0 Å². The first kappa shape index (κ1) is 24.1. The molecule has 3 atom stereocenters. The van der Waals surface area contributed by atoms with Crippen LogP contribution < -0.4 is 0 Å². The second kappa shape index (κ2) is 10.3. The van der Waals surface area contributed by atoms with Gasteiger partial charge in [-0.3, -0.25) is 9.59 Å². The fourth-order valence-electron chi connectivity index (χ4n) is 3.99. The van der Waals surface area contributed by atoms with Crippen LogP contribution in [0.5, 0.6) is 0 Å². The standard InChI is InChI=1S/C20H26ClNO3.C4H6O/c1-6-8-14-16(15-12(4)9-11(3)10-13(15)5)18(22-25-7-2)20(24)17(21)19(14)23;1-3-2-4(3)5/h9-10,14,16,24H,6-8H2,1-5H3;3H,2H2,1H3. The minimum atomic E-state index is -0.359. The quantitative estimate of drug-likeness (QED) is 0.605. The molecular weight excluding hydrogens is 402 g/mol. The van der Waals surface area contributed by atoms with Gasteiger partial charge >= 0.3 is 0 Å². The van der Waals surface area contributed by atoms with Gasteiger partial charge in [-0.25, -0.2) is 0 Å². The summed E-state index contributed by atoms with van der Waals surface area (Å²) in [5.41, 5.74) is 4.68. The molecule has 0 radical (unpaired) electrons. The average Bonchev–Trinajstić information content (AvgIpc) is 3.34.